The van der Waals surface area contributed by atoms with Gasteiger partial charge in [-0.2, -0.15) is 29.4 Å². The summed E-state index contributed by atoms with van der Waals surface area (Å²) in [5, 5.41) is 19.0. The Morgan fingerprint density at radius 1 is 0.473 bits per heavy atom. The van der Waals surface area contributed by atoms with Crippen LogP contribution in [0.5, 0.6) is 0 Å². The fourth-order valence-electron chi connectivity index (χ4n) is 13.9. The van der Waals surface area contributed by atoms with Crippen LogP contribution in [0.25, 0.3) is 56.3 Å². The molecule has 0 spiro atoms. The summed E-state index contributed by atoms with van der Waals surface area (Å²) in [5.74, 6) is 6.06. The van der Waals surface area contributed by atoms with Gasteiger partial charge in [0.15, 0.2) is 17.1 Å². The summed E-state index contributed by atoms with van der Waals surface area (Å²) in [7, 11) is -1.04. The van der Waals surface area contributed by atoms with Crippen molar-refractivity contribution in [3.05, 3.63) is 95.5 Å². The Morgan fingerprint density at radius 2 is 0.882 bits per heavy atom. The molecule has 12 rings (SSSR count). The van der Waals surface area contributed by atoms with Gasteiger partial charge >= 0.3 is 0 Å². The van der Waals surface area contributed by atoms with Crippen LogP contribution in [0.2, 0.25) is 103 Å². The number of hydrogen-bond donors (Lipinski definition) is 0. The van der Waals surface area contributed by atoms with E-state index in [1.165, 1.54) is 69.9 Å². The minimum absolute atomic E-state index is 0.411. The van der Waals surface area contributed by atoms with Crippen molar-refractivity contribution in [3.63, 3.8) is 0 Å². The van der Waals surface area contributed by atoms with Gasteiger partial charge < -0.3 is 28.7 Å². The van der Waals surface area contributed by atoms with Crippen LogP contribution in [0.15, 0.2) is 84.1 Å². The number of anilines is 2. The van der Waals surface area contributed by atoms with E-state index in [1.54, 1.807) is 9.36 Å². The number of fused-ring (bicyclic) bond motifs is 6. The third kappa shape index (κ3) is 18.3. The van der Waals surface area contributed by atoms with E-state index in [0.29, 0.717) is 38.8 Å². The average molecular weight is 1400 g/mol. The van der Waals surface area contributed by atoms with Crippen molar-refractivity contribution in [1.82, 2.24) is 58.7 Å². The van der Waals surface area contributed by atoms with E-state index in [4.69, 9.17) is 49.1 Å². The number of ether oxygens (including phenoxy) is 4. The molecule has 0 amide bonds. The predicted molar refractivity (Wildman–Crippen MR) is 391 cm³/mol. The maximum atomic E-state index is 6.40. The van der Waals surface area contributed by atoms with E-state index in [-0.39, 0.29) is 0 Å². The van der Waals surface area contributed by atoms with Gasteiger partial charge in [-0.25, -0.2) is 9.97 Å². The average Bonchev–Trinajstić information content (AvgIpc) is 1.67. The van der Waals surface area contributed by atoms with E-state index in [9.17, 15) is 0 Å². The molecule has 6 atom stereocenters. The maximum Gasteiger partial charge on any atom is 0.165 e. The molecule has 23 heteroatoms. The second kappa shape index (κ2) is 29.6. The Hall–Kier alpha value is -5.25. The zero-order valence-electron chi connectivity index (χ0n) is 58.3. The molecule has 4 bridgehead atoms. The number of rotatable bonds is 28. The lowest BCUT2D eigenvalue weighted by molar-refractivity contribution is 0.0939. The van der Waals surface area contributed by atoms with Gasteiger partial charge in [0.1, 0.15) is 44.1 Å². The largest absolute Gasteiger partial charge is 0.361 e. The van der Waals surface area contributed by atoms with Crippen molar-refractivity contribution in [2.24, 2.45) is 37.8 Å². The molecule has 4 aliphatic rings. The molecule has 0 N–H and O–H groups in total. The number of aromatic nitrogens is 12. The van der Waals surface area contributed by atoms with Crippen molar-refractivity contribution >= 4 is 71.2 Å². The Bertz CT molecular complexity index is 3690. The quantitative estimate of drug-likeness (QED) is 0.0258. The molecule has 93 heavy (non-hydrogen) atoms. The smallest absolute Gasteiger partial charge is 0.165 e. The second-order valence-corrected chi connectivity index (χ2v) is 55.6. The first-order valence-electron chi connectivity index (χ1n) is 34.5. The van der Waals surface area contributed by atoms with Gasteiger partial charge in [0.2, 0.25) is 0 Å². The molecule has 0 aromatic carbocycles. The standard InChI is InChI=1S/C35H52BrN7O2Si2.C35H53N7O2Si2/c1-41-13-12-31(40-41)30-11-10-27(21-37-30)29-22-38-43-34(29)39-33(28-19-25-8-9-26(18-25)20-28)32(36)35(43)42(23-44-14-16-46(2,3)4)24-45-15-17-47(5,6)7;1-40-13-12-32(39-40)31-11-10-28(22-36-31)30-23-37-42-34(21-33(38-35(30)42)29-19-26-8-9-27(18-26)20-29)41(24-43-14-16-45(2,3)4)25-44-15-17-46(5,6)7/h10-13,21-22,25-26,28H,8-9,14-20,23-24H2,1-7H3;10-13,21-23,26-27,29H,8-9,14-20,24-25H2,1-7H3/t25-,26+,28?;26-,27+,29?. The molecule has 2 unspecified atom stereocenters. The summed E-state index contributed by atoms with van der Waals surface area (Å²) in [5.41, 5.74) is 11.4. The third-order valence-electron chi connectivity index (χ3n) is 19.3. The summed E-state index contributed by atoms with van der Waals surface area (Å²) in [6.45, 7) is 33.5. The first kappa shape index (κ1) is 69.1. The van der Waals surface area contributed by atoms with Gasteiger partial charge in [-0.05, 0) is 127 Å². The molecule has 8 aromatic rings. The lowest BCUT2D eigenvalue weighted by atomic mass is 9.79. The van der Waals surface area contributed by atoms with Crippen molar-refractivity contribution in [2.45, 2.75) is 179 Å². The zero-order valence-corrected chi connectivity index (χ0v) is 63.9. The Labute approximate surface area is 565 Å². The highest BCUT2D eigenvalue weighted by atomic mass is 79.9. The molecule has 8 aromatic heterocycles. The third-order valence-corrected chi connectivity index (χ3v) is 26.9. The minimum atomic E-state index is -1.23. The maximum absolute atomic E-state index is 6.40. The van der Waals surface area contributed by atoms with Crippen LogP contribution < -0.4 is 9.80 Å². The lowest BCUT2D eigenvalue weighted by Gasteiger charge is -2.31. The second-order valence-electron chi connectivity index (χ2n) is 32.3. The van der Waals surface area contributed by atoms with Gasteiger partial charge in [0, 0.05) is 143 Å². The van der Waals surface area contributed by atoms with Gasteiger partial charge in [0.05, 0.1) is 33.9 Å². The van der Waals surface area contributed by atoms with Crippen LogP contribution in [0.4, 0.5) is 11.6 Å². The monoisotopic (exact) mass is 1400 g/mol. The molecule has 4 fully saturated rings. The van der Waals surface area contributed by atoms with Crippen molar-refractivity contribution in [1.29, 1.82) is 0 Å². The summed E-state index contributed by atoms with van der Waals surface area (Å²) >= 11 is 4.10. The molecule has 4 aliphatic carbocycles. The highest BCUT2D eigenvalue weighted by Crippen LogP contribution is 2.51. The number of halogens is 1. The van der Waals surface area contributed by atoms with E-state index < -0.39 is 32.3 Å². The minimum Gasteiger partial charge on any atom is -0.361 e. The van der Waals surface area contributed by atoms with Crippen molar-refractivity contribution in [2.75, 3.05) is 63.2 Å². The normalized spacial score (nSPS) is 20.0. The Morgan fingerprint density at radius 3 is 1.28 bits per heavy atom. The van der Waals surface area contributed by atoms with Crippen molar-refractivity contribution < 1.29 is 18.9 Å². The Kier molecular flexibility index (Phi) is 22.0. The number of hydrogen-bond acceptors (Lipinski definition) is 14. The van der Waals surface area contributed by atoms with Gasteiger partial charge in [-0.3, -0.25) is 19.3 Å². The molecule has 4 saturated carbocycles. The molecule has 0 saturated heterocycles. The SMILES string of the molecule is Cn1ccc(-c2ccc(-c3cnn4c(N(COCC[Si](C)(C)C)COCC[Si](C)(C)C)c(Br)c(C5C[C@H]6CC[C@@H](C5)C6)nc34)cn2)n1.Cn1ccc(-c2ccc(-c3cnn4c(N(COCC[Si](C)(C)C)COCC[Si](C)(C)C)cc(C5C[C@H]6CC[C@@H](C5)C6)nc34)cn2)n1. The summed E-state index contributed by atoms with van der Waals surface area (Å²) in [6.07, 6.45) is 24.6. The van der Waals surface area contributed by atoms with E-state index in [0.717, 1.165) is 152 Å². The van der Waals surface area contributed by atoms with Crippen LogP contribution in [-0.2, 0) is 33.0 Å². The molecule has 0 radical (unpaired) electrons. The highest BCUT2D eigenvalue weighted by Gasteiger charge is 2.39. The molecular weight excluding hydrogens is 1290 g/mol. The van der Waals surface area contributed by atoms with Crippen LogP contribution in [-0.4, -0.2) is 144 Å². The van der Waals surface area contributed by atoms with Crippen LogP contribution in [0.1, 0.15) is 87.4 Å². The summed E-state index contributed by atoms with van der Waals surface area (Å²) < 4.78 is 34.1. The molecule has 8 heterocycles. The molecule has 18 nitrogen and oxygen atoms in total. The highest BCUT2D eigenvalue weighted by molar-refractivity contribution is 9.10. The van der Waals surface area contributed by atoms with Gasteiger partial charge in [-0.15, -0.1) is 0 Å². The predicted octanol–water partition coefficient (Wildman–Crippen LogP) is 16.6. The number of aryl methyl sites for hydroxylation is 2. The summed E-state index contributed by atoms with van der Waals surface area (Å²) in [4.78, 5) is 24.8. The molecule has 502 valence electrons. The van der Waals surface area contributed by atoms with E-state index in [1.807, 2.05) is 84.6 Å². The van der Waals surface area contributed by atoms with Gasteiger partial charge in [-0.1, -0.05) is 116 Å². The lowest BCUT2D eigenvalue weighted by Crippen LogP contribution is -2.34. The Balaban J connectivity index is 0.000000190. The van der Waals surface area contributed by atoms with Gasteiger partial charge in [0.25, 0.3) is 0 Å². The topological polar surface area (TPSA) is 165 Å². The first-order valence-corrected chi connectivity index (χ1v) is 50.1. The fraction of sp³-hybridized carbons (Fsp3) is 0.600. The van der Waals surface area contributed by atoms with Crippen LogP contribution in [0, 0.1) is 23.7 Å². The first-order chi connectivity index (χ1) is 44.3. The fourth-order valence-corrected chi connectivity index (χ4v) is 17.7. The zero-order chi connectivity index (χ0) is 65.8. The number of pyridine rings is 2. The van der Waals surface area contributed by atoms with E-state index >= 15 is 0 Å². The number of nitrogens with zero attached hydrogens (tertiary/aromatic N) is 14. The van der Waals surface area contributed by atoms with Crippen LogP contribution >= 0.6 is 15.9 Å². The summed E-state index contributed by atoms with van der Waals surface area (Å²) in [6, 6.07) is 19.0. The van der Waals surface area contributed by atoms with Crippen molar-refractivity contribution in [3.8, 4) is 45.0 Å². The van der Waals surface area contributed by atoms with E-state index in [2.05, 4.69) is 133 Å². The molecular formula is C70H105BrN14O4Si4. The van der Waals surface area contributed by atoms with Crippen LogP contribution in [0.3, 0.4) is 0 Å². The molecule has 0 aliphatic heterocycles.